The number of carbonyl (C=O) groups excluding carboxylic acids is 1. The highest BCUT2D eigenvalue weighted by molar-refractivity contribution is 6.29. The lowest BCUT2D eigenvalue weighted by atomic mass is 10.1. The van der Waals surface area contributed by atoms with Crippen LogP contribution in [-0.2, 0) is 6.42 Å². The van der Waals surface area contributed by atoms with Crippen LogP contribution in [0.5, 0.6) is 0 Å². The molecule has 2 aromatic rings. The fraction of sp³-hybridized carbons (Fsp3) is 0.200. The van der Waals surface area contributed by atoms with Crippen molar-refractivity contribution in [3.63, 3.8) is 0 Å². The van der Waals surface area contributed by atoms with E-state index in [1.165, 1.54) is 24.4 Å². The molecule has 0 aliphatic carbocycles. The van der Waals surface area contributed by atoms with Crippen molar-refractivity contribution < 1.29 is 9.72 Å². The number of anilines is 1. The van der Waals surface area contributed by atoms with Crippen LogP contribution < -0.4 is 4.90 Å². The summed E-state index contributed by atoms with van der Waals surface area (Å²) in [5.41, 5.74) is 1.98. The lowest BCUT2D eigenvalue weighted by Crippen LogP contribution is -2.35. The van der Waals surface area contributed by atoms with E-state index in [4.69, 9.17) is 11.6 Å². The Morgan fingerprint density at radius 1 is 1.41 bits per heavy atom. The van der Waals surface area contributed by atoms with Crippen molar-refractivity contribution in [1.82, 2.24) is 4.98 Å². The van der Waals surface area contributed by atoms with Crippen LogP contribution in [0.15, 0.2) is 36.5 Å². The molecule has 0 saturated carbocycles. The molecule has 0 saturated heterocycles. The number of nitro groups is 1. The van der Waals surface area contributed by atoms with Crippen molar-refractivity contribution in [2.75, 3.05) is 4.90 Å². The fourth-order valence-corrected chi connectivity index (χ4v) is 2.89. The summed E-state index contributed by atoms with van der Waals surface area (Å²) in [5.74, 6) is -0.190. The minimum Gasteiger partial charge on any atom is -0.305 e. The molecule has 2 heterocycles. The molecule has 0 unspecified atom stereocenters. The van der Waals surface area contributed by atoms with Gasteiger partial charge in [0.15, 0.2) is 0 Å². The summed E-state index contributed by atoms with van der Waals surface area (Å²) in [5, 5.41) is 11.1. The molecule has 1 amide bonds. The van der Waals surface area contributed by atoms with Gasteiger partial charge in [-0.2, -0.15) is 0 Å². The first kappa shape index (κ1) is 14.5. The number of non-ortho nitro benzene ring substituents is 1. The Morgan fingerprint density at radius 2 is 2.18 bits per heavy atom. The summed E-state index contributed by atoms with van der Waals surface area (Å²) in [4.78, 5) is 28.6. The number of carbonyl (C=O) groups is 1. The van der Waals surface area contributed by atoms with Crippen molar-refractivity contribution in [1.29, 1.82) is 0 Å². The van der Waals surface area contributed by atoms with Crippen LogP contribution in [0.2, 0.25) is 5.15 Å². The number of fused-ring (bicyclic) bond motifs is 1. The number of pyridine rings is 1. The summed E-state index contributed by atoms with van der Waals surface area (Å²) in [6.45, 7) is 1.91. The van der Waals surface area contributed by atoms with Gasteiger partial charge in [0, 0.05) is 35.6 Å². The second-order valence-electron chi connectivity index (χ2n) is 5.17. The van der Waals surface area contributed by atoms with E-state index in [1.807, 2.05) is 6.92 Å². The van der Waals surface area contributed by atoms with E-state index >= 15 is 0 Å². The van der Waals surface area contributed by atoms with E-state index in [0.29, 0.717) is 17.7 Å². The molecule has 0 spiro atoms. The molecule has 0 radical (unpaired) electrons. The molecule has 1 aliphatic rings. The molecule has 1 aromatic carbocycles. The molecular formula is C15H12ClN3O3. The minimum atomic E-state index is -0.432. The number of nitro benzene ring substituents is 1. The highest BCUT2D eigenvalue weighted by Gasteiger charge is 2.32. The maximum Gasteiger partial charge on any atom is 0.269 e. The van der Waals surface area contributed by atoms with E-state index in [0.717, 1.165) is 5.56 Å². The predicted octanol–water partition coefficient (Wildman–Crippen LogP) is 3.23. The quantitative estimate of drug-likeness (QED) is 0.484. The predicted molar refractivity (Wildman–Crippen MR) is 82.3 cm³/mol. The van der Waals surface area contributed by atoms with Gasteiger partial charge in [0.25, 0.3) is 11.6 Å². The lowest BCUT2D eigenvalue weighted by molar-refractivity contribution is -0.384. The van der Waals surface area contributed by atoms with Crippen molar-refractivity contribution >= 4 is 28.9 Å². The van der Waals surface area contributed by atoms with Gasteiger partial charge < -0.3 is 4.90 Å². The molecular weight excluding hydrogens is 306 g/mol. The fourth-order valence-electron chi connectivity index (χ4n) is 2.72. The van der Waals surface area contributed by atoms with Gasteiger partial charge in [0.1, 0.15) is 5.15 Å². The molecule has 1 aliphatic heterocycles. The van der Waals surface area contributed by atoms with E-state index in [-0.39, 0.29) is 22.8 Å². The average Bonchev–Trinajstić information content (AvgIpc) is 2.81. The Bertz CT molecular complexity index is 778. The number of benzene rings is 1. The molecule has 1 atom stereocenters. The summed E-state index contributed by atoms with van der Waals surface area (Å²) < 4.78 is 0. The lowest BCUT2D eigenvalue weighted by Gasteiger charge is -2.22. The minimum absolute atomic E-state index is 0.0344. The zero-order valence-corrected chi connectivity index (χ0v) is 12.4. The van der Waals surface area contributed by atoms with Crippen LogP contribution >= 0.6 is 11.6 Å². The summed E-state index contributed by atoms with van der Waals surface area (Å²) in [7, 11) is 0. The smallest absolute Gasteiger partial charge is 0.269 e. The average molecular weight is 318 g/mol. The first-order chi connectivity index (χ1) is 10.5. The highest BCUT2D eigenvalue weighted by Crippen LogP contribution is 2.35. The van der Waals surface area contributed by atoms with E-state index in [9.17, 15) is 14.9 Å². The first-order valence-electron chi connectivity index (χ1n) is 6.70. The Labute approximate surface area is 131 Å². The summed E-state index contributed by atoms with van der Waals surface area (Å²) in [6, 6.07) is 7.61. The molecule has 6 nitrogen and oxygen atoms in total. The molecule has 3 rings (SSSR count). The number of halogens is 1. The standard InChI is InChI=1S/C15H12ClN3O3/c1-9-6-11-7-12(19(21)22)2-3-13(11)18(9)15(20)10-4-5-17-14(16)8-10/h2-5,7-9H,6H2,1H3/t9-/m1/s1. The zero-order chi connectivity index (χ0) is 15.9. The highest BCUT2D eigenvalue weighted by atomic mass is 35.5. The number of amides is 1. The van der Waals surface area contributed by atoms with Gasteiger partial charge in [-0.25, -0.2) is 4.98 Å². The monoisotopic (exact) mass is 317 g/mol. The van der Waals surface area contributed by atoms with Gasteiger partial charge >= 0.3 is 0 Å². The van der Waals surface area contributed by atoms with Crippen molar-refractivity contribution in [2.24, 2.45) is 0 Å². The third-order valence-corrected chi connectivity index (χ3v) is 3.89. The Morgan fingerprint density at radius 3 is 2.86 bits per heavy atom. The van der Waals surface area contributed by atoms with E-state index in [2.05, 4.69) is 4.98 Å². The number of hydrogen-bond donors (Lipinski definition) is 0. The van der Waals surface area contributed by atoms with Gasteiger partial charge in [0.2, 0.25) is 0 Å². The Hall–Kier alpha value is -2.47. The van der Waals surface area contributed by atoms with Gasteiger partial charge in [-0.1, -0.05) is 11.6 Å². The molecule has 0 N–H and O–H groups in total. The van der Waals surface area contributed by atoms with Crippen molar-refractivity contribution in [3.8, 4) is 0 Å². The number of rotatable bonds is 2. The SMILES string of the molecule is C[C@@H]1Cc2cc([N+](=O)[O-])ccc2N1C(=O)c1ccnc(Cl)c1. The van der Waals surface area contributed by atoms with Crippen LogP contribution in [0, 0.1) is 10.1 Å². The van der Waals surface area contributed by atoms with Gasteiger partial charge in [-0.15, -0.1) is 0 Å². The molecule has 112 valence electrons. The van der Waals surface area contributed by atoms with Crippen LogP contribution in [-0.4, -0.2) is 21.9 Å². The van der Waals surface area contributed by atoms with Gasteiger partial charge in [-0.05, 0) is 37.1 Å². The van der Waals surface area contributed by atoms with E-state index < -0.39 is 4.92 Å². The van der Waals surface area contributed by atoms with Crippen LogP contribution in [0.3, 0.4) is 0 Å². The Balaban J connectivity index is 2.00. The third-order valence-electron chi connectivity index (χ3n) is 3.68. The third kappa shape index (κ3) is 2.42. The largest absolute Gasteiger partial charge is 0.305 e. The molecule has 22 heavy (non-hydrogen) atoms. The maximum absolute atomic E-state index is 12.7. The molecule has 0 bridgehead atoms. The van der Waals surface area contributed by atoms with Crippen LogP contribution in [0.4, 0.5) is 11.4 Å². The molecule has 0 fully saturated rings. The second-order valence-corrected chi connectivity index (χ2v) is 5.55. The van der Waals surface area contributed by atoms with Gasteiger partial charge in [-0.3, -0.25) is 14.9 Å². The van der Waals surface area contributed by atoms with Crippen LogP contribution in [0.25, 0.3) is 0 Å². The number of aromatic nitrogens is 1. The zero-order valence-electron chi connectivity index (χ0n) is 11.7. The normalized spacial score (nSPS) is 16.5. The number of hydrogen-bond acceptors (Lipinski definition) is 4. The van der Waals surface area contributed by atoms with Crippen LogP contribution in [0.1, 0.15) is 22.8 Å². The summed E-state index contributed by atoms with van der Waals surface area (Å²) >= 11 is 5.83. The Kier molecular flexibility index (Phi) is 3.54. The van der Waals surface area contributed by atoms with Crippen molar-refractivity contribution in [2.45, 2.75) is 19.4 Å². The summed E-state index contributed by atoms with van der Waals surface area (Å²) in [6.07, 6.45) is 2.06. The van der Waals surface area contributed by atoms with Gasteiger partial charge in [0.05, 0.1) is 4.92 Å². The molecule has 1 aromatic heterocycles. The number of nitrogens with zero attached hydrogens (tertiary/aromatic N) is 3. The molecule has 7 heteroatoms. The maximum atomic E-state index is 12.7. The van der Waals surface area contributed by atoms with Crippen molar-refractivity contribution in [3.05, 3.63) is 62.9 Å². The second kappa shape index (κ2) is 5.38. The first-order valence-corrected chi connectivity index (χ1v) is 7.07. The van der Waals surface area contributed by atoms with E-state index in [1.54, 1.807) is 17.0 Å². The topological polar surface area (TPSA) is 76.3 Å².